The minimum atomic E-state index is -3.52. The van der Waals surface area contributed by atoms with E-state index < -0.39 is 25.6 Å². The van der Waals surface area contributed by atoms with Gasteiger partial charge in [-0.3, -0.25) is 9.46 Å². The Morgan fingerprint density at radius 1 is 1.44 bits per heavy atom. The molecule has 1 rings (SSSR count). The molecule has 1 saturated heterocycles. The van der Waals surface area contributed by atoms with E-state index in [-0.39, 0.29) is 13.2 Å². The first kappa shape index (κ1) is 13.4. The van der Waals surface area contributed by atoms with Gasteiger partial charge in [0.15, 0.2) is 12.0 Å². The van der Waals surface area contributed by atoms with E-state index in [1.165, 1.54) is 7.05 Å². The lowest BCUT2D eigenvalue weighted by Gasteiger charge is -2.25. The second-order valence-corrected chi connectivity index (χ2v) is 5.45. The molecule has 0 unspecified atom stereocenters. The first-order chi connectivity index (χ1) is 7.46. The molecular weight excluding hydrogens is 235 g/mol. The van der Waals surface area contributed by atoms with Gasteiger partial charge in [0.05, 0.1) is 13.2 Å². The van der Waals surface area contributed by atoms with E-state index in [2.05, 4.69) is 5.32 Å². The highest BCUT2D eigenvalue weighted by molar-refractivity contribution is 7.54. The molecule has 0 saturated carbocycles. The molecule has 1 aliphatic rings. The Labute approximate surface area is 94.2 Å². The number of nitrogens with zero attached hydrogens (tertiary/aromatic N) is 1. The van der Waals surface area contributed by atoms with Crippen LogP contribution < -0.4 is 5.32 Å². The monoisotopic (exact) mass is 252 g/mol. The first-order valence-corrected chi connectivity index (χ1v) is 6.67. The lowest BCUT2D eigenvalue weighted by atomic mass is 10.6. The van der Waals surface area contributed by atoms with Gasteiger partial charge in [0.2, 0.25) is 0 Å². The van der Waals surface area contributed by atoms with Gasteiger partial charge in [-0.1, -0.05) is 0 Å². The maximum Gasteiger partial charge on any atom is 0.357 e. The number of urea groups is 1. The standard InChI is InChI=1S/C8H17N2O5P/c1-4-14-16(13,15-5-2)6-7(11)10(3)8(12)9-6/h6-7,11H,4-5H2,1-3H3,(H,9,12)/t6-,7+/m0/s1. The van der Waals surface area contributed by atoms with Crippen molar-refractivity contribution in [2.75, 3.05) is 20.3 Å². The molecule has 0 radical (unpaired) electrons. The zero-order valence-corrected chi connectivity index (χ0v) is 10.4. The molecule has 0 aromatic rings. The summed E-state index contributed by atoms with van der Waals surface area (Å²) in [6.07, 6.45) is -1.21. The van der Waals surface area contributed by atoms with E-state index in [1.54, 1.807) is 13.8 Å². The summed E-state index contributed by atoms with van der Waals surface area (Å²) >= 11 is 0. The lowest BCUT2D eigenvalue weighted by molar-refractivity contribution is 0.0630. The van der Waals surface area contributed by atoms with Gasteiger partial charge in [-0.15, -0.1) is 0 Å². The number of carbonyl (C=O) groups is 1. The lowest BCUT2D eigenvalue weighted by Crippen LogP contribution is -2.35. The van der Waals surface area contributed by atoms with E-state index in [0.29, 0.717) is 0 Å². The molecule has 1 fully saturated rings. The van der Waals surface area contributed by atoms with Crippen molar-refractivity contribution >= 4 is 13.6 Å². The number of nitrogens with one attached hydrogen (secondary N) is 1. The van der Waals surface area contributed by atoms with E-state index in [4.69, 9.17) is 9.05 Å². The average molecular weight is 252 g/mol. The van der Waals surface area contributed by atoms with Crippen LogP contribution in [-0.4, -0.2) is 48.3 Å². The van der Waals surface area contributed by atoms with Crippen molar-refractivity contribution in [2.24, 2.45) is 0 Å². The molecule has 2 N–H and O–H groups in total. The van der Waals surface area contributed by atoms with Crippen LogP contribution in [0.4, 0.5) is 4.79 Å². The van der Waals surface area contributed by atoms with E-state index in [1.807, 2.05) is 0 Å². The third-order valence-corrected chi connectivity index (χ3v) is 4.54. The fourth-order valence-corrected chi connectivity index (χ4v) is 3.35. The third-order valence-electron chi connectivity index (χ3n) is 2.23. The van der Waals surface area contributed by atoms with Crippen LogP contribution in [-0.2, 0) is 13.6 Å². The van der Waals surface area contributed by atoms with Crippen LogP contribution in [0, 0.1) is 0 Å². The summed E-state index contributed by atoms with van der Waals surface area (Å²) < 4.78 is 22.4. The summed E-state index contributed by atoms with van der Waals surface area (Å²) in [5, 5.41) is 12.1. The van der Waals surface area contributed by atoms with Crippen LogP contribution >= 0.6 is 7.60 Å². The van der Waals surface area contributed by atoms with Crippen LogP contribution in [0.5, 0.6) is 0 Å². The van der Waals surface area contributed by atoms with Gasteiger partial charge in [0.25, 0.3) is 0 Å². The Kier molecular flexibility index (Phi) is 4.32. The average Bonchev–Trinajstić information content (AvgIpc) is 2.47. The summed E-state index contributed by atoms with van der Waals surface area (Å²) in [5.41, 5.74) is 0. The van der Waals surface area contributed by atoms with E-state index in [0.717, 1.165) is 4.90 Å². The number of likely N-dealkylation sites (N-methyl/N-ethyl adjacent to an activating group) is 1. The molecule has 7 nitrogen and oxygen atoms in total. The predicted octanol–water partition coefficient (Wildman–Crippen LogP) is 0.552. The second-order valence-electron chi connectivity index (χ2n) is 3.29. The number of carbonyl (C=O) groups excluding carboxylic acids is 1. The fraction of sp³-hybridized carbons (Fsp3) is 0.875. The number of aliphatic hydroxyl groups excluding tert-OH is 1. The summed E-state index contributed by atoms with van der Waals surface area (Å²) in [4.78, 5) is 12.3. The zero-order chi connectivity index (χ0) is 12.3. The van der Waals surface area contributed by atoms with Crippen LogP contribution in [0.3, 0.4) is 0 Å². The van der Waals surface area contributed by atoms with Crippen molar-refractivity contribution in [1.82, 2.24) is 10.2 Å². The predicted molar refractivity (Wildman–Crippen MR) is 56.9 cm³/mol. The maximum absolute atomic E-state index is 12.3. The summed E-state index contributed by atoms with van der Waals surface area (Å²) in [6, 6.07) is -0.503. The summed E-state index contributed by atoms with van der Waals surface area (Å²) in [6.45, 7) is 3.69. The van der Waals surface area contributed by atoms with Gasteiger partial charge in [-0.2, -0.15) is 0 Å². The van der Waals surface area contributed by atoms with Crippen LogP contribution in [0.25, 0.3) is 0 Å². The molecule has 2 atom stereocenters. The quantitative estimate of drug-likeness (QED) is 0.698. The molecule has 0 spiro atoms. The van der Waals surface area contributed by atoms with Crippen LogP contribution in [0.1, 0.15) is 13.8 Å². The highest BCUT2D eigenvalue weighted by Gasteiger charge is 2.49. The molecule has 0 bridgehead atoms. The smallest absolute Gasteiger partial charge is 0.357 e. The molecular formula is C8H17N2O5P. The minimum Gasteiger partial charge on any atom is -0.371 e. The molecule has 0 aliphatic carbocycles. The maximum atomic E-state index is 12.3. The fourth-order valence-electron chi connectivity index (χ4n) is 1.43. The SMILES string of the molecule is CCOP(=O)(OCC)[C@@H]1NC(=O)N(C)[C@@H]1O. The van der Waals surface area contributed by atoms with E-state index in [9.17, 15) is 14.5 Å². The Hall–Kier alpha value is -0.620. The van der Waals surface area contributed by atoms with Gasteiger partial charge in [0, 0.05) is 7.05 Å². The van der Waals surface area contributed by atoms with Gasteiger partial charge in [0.1, 0.15) is 0 Å². The number of amides is 2. The van der Waals surface area contributed by atoms with Gasteiger partial charge in [-0.25, -0.2) is 4.79 Å². The molecule has 2 amide bonds. The Bertz CT molecular complexity index is 301. The minimum absolute atomic E-state index is 0.181. The van der Waals surface area contributed by atoms with Crippen molar-refractivity contribution in [3.8, 4) is 0 Å². The summed E-state index contributed by atoms with van der Waals surface area (Å²) in [5.74, 6) is -1.04. The molecule has 8 heteroatoms. The number of hydrogen-bond donors (Lipinski definition) is 2. The molecule has 16 heavy (non-hydrogen) atoms. The highest BCUT2D eigenvalue weighted by Crippen LogP contribution is 2.54. The highest BCUT2D eigenvalue weighted by atomic mass is 31.2. The number of aliphatic hydroxyl groups is 1. The van der Waals surface area contributed by atoms with Crippen molar-refractivity contribution < 1.29 is 23.5 Å². The van der Waals surface area contributed by atoms with Crippen LogP contribution in [0.2, 0.25) is 0 Å². The van der Waals surface area contributed by atoms with Crippen molar-refractivity contribution in [1.29, 1.82) is 0 Å². The Morgan fingerprint density at radius 2 is 1.94 bits per heavy atom. The normalized spacial score (nSPS) is 26.0. The molecule has 1 heterocycles. The molecule has 1 aliphatic heterocycles. The topological polar surface area (TPSA) is 88.1 Å². The molecule has 94 valence electrons. The molecule has 0 aromatic heterocycles. The van der Waals surface area contributed by atoms with Gasteiger partial charge < -0.3 is 19.5 Å². The van der Waals surface area contributed by atoms with Crippen molar-refractivity contribution in [2.45, 2.75) is 25.9 Å². The van der Waals surface area contributed by atoms with Crippen molar-refractivity contribution in [3.05, 3.63) is 0 Å². The zero-order valence-electron chi connectivity index (χ0n) is 9.54. The second kappa shape index (κ2) is 5.14. The Balaban J connectivity index is 2.88. The van der Waals surface area contributed by atoms with Gasteiger partial charge >= 0.3 is 13.6 Å². The van der Waals surface area contributed by atoms with Crippen molar-refractivity contribution in [3.63, 3.8) is 0 Å². The number of rotatable bonds is 5. The Morgan fingerprint density at radius 3 is 2.25 bits per heavy atom. The molecule has 0 aromatic carbocycles. The number of hydrogen-bond acceptors (Lipinski definition) is 5. The summed E-state index contributed by atoms with van der Waals surface area (Å²) in [7, 11) is -2.12. The third kappa shape index (κ3) is 2.38. The first-order valence-electron chi connectivity index (χ1n) is 5.06. The van der Waals surface area contributed by atoms with E-state index >= 15 is 0 Å². The van der Waals surface area contributed by atoms with Gasteiger partial charge in [-0.05, 0) is 13.8 Å². The van der Waals surface area contributed by atoms with Crippen LogP contribution in [0.15, 0.2) is 0 Å². The largest absolute Gasteiger partial charge is 0.371 e.